The lowest BCUT2D eigenvalue weighted by Gasteiger charge is -2.27. The van der Waals surface area contributed by atoms with E-state index in [-0.39, 0.29) is 11.9 Å². The standard InChI is InChI=1S/C13H19N3O/c1-9-3-6-15-12(7-9)13(17)16-11-4-5-14-8-10(11)2/h4-5,8-9,12,15H,3,6-7H2,1-2H3,(H,14,16,17). The third kappa shape index (κ3) is 3.03. The molecule has 2 rings (SSSR count). The third-order valence-electron chi connectivity index (χ3n) is 3.26. The van der Waals surface area contributed by atoms with Crippen LogP contribution in [0.2, 0.25) is 0 Å². The SMILES string of the molecule is Cc1cnccc1NC(=O)C1CC(C)CCN1. The van der Waals surface area contributed by atoms with Gasteiger partial charge in [-0.05, 0) is 43.9 Å². The summed E-state index contributed by atoms with van der Waals surface area (Å²) in [6.45, 7) is 5.06. The highest BCUT2D eigenvalue weighted by molar-refractivity contribution is 5.95. The van der Waals surface area contributed by atoms with Gasteiger partial charge in [0.15, 0.2) is 0 Å². The van der Waals surface area contributed by atoms with Crippen molar-refractivity contribution < 1.29 is 4.79 Å². The Labute approximate surface area is 102 Å². The molecule has 1 saturated heterocycles. The van der Waals surface area contributed by atoms with Crippen molar-refractivity contribution in [2.45, 2.75) is 32.7 Å². The molecule has 0 saturated carbocycles. The van der Waals surface area contributed by atoms with Gasteiger partial charge in [-0.2, -0.15) is 0 Å². The Bertz CT molecular complexity index is 405. The summed E-state index contributed by atoms with van der Waals surface area (Å²) in [6.07, 6.45) is 5.51. The molecule has 2 N–H and O–H groups in total. The zero-order chi connectivity index (χ0) is 12.3. The maximum atomic E-state index is 12.1. The van der Waals surface area contributed by atoms with Crippen molar-refractivity contribution >= 4 is 11.6 Å². The Morgan fingerprint density at radius 1 is 1.59 bits per heavy atom. The zero-order valence-electron chi connectivity index (χ0n) is 10.4. The topological polar surface area (TPSA) is 54.0 Å². The van der Waals surface area contributed by atoms with E-state index >= 15 is 0 Å². The molecular weight excluding hydrogens is 214 g/mol. The van der Waals surface area contributed by atoms with Crippen molar-refractivity contribution in [1.29, 1.82) is 0 Å². The molecule has 92 valence electrons. The van der Waals surface area contributed by atoms with Crippen LogP contribution in [0, 0.1) is 12.8 Å². The average molecular weight is 233 g/mol. The number of rotatable bonds is 2. The molecule has 1 aliphatic heterocycles. The second-order valence-corrected chi connectivity index (χ2v) is 4.82. The van der Waals surface area contributed by atoms with Crippen LogP contribution in [-0.2, 0) is 4.79 Å². The van der Waals surface area contributed by atoms with E-state index in [4.69, 9.17) is 0 Å². The minimum atomic E-state index is -0.0636. The van der Waals surface area contributed by atoms with Gasteiger partial charge in [-0.15, -0.1) is 0 Å². The molecule has 4 heteroatoms. The van der Waals surface area contributed by atoms with Gasteiger partial charge in [-0.1, -0.05) is 6.92 Å². The molecule has 4 nitrogen and oxygen atoms in total. The summed E-state index contributed by atoms with van der Waals surface area (Å²) in [5.41, 5.74) is 1.84. The Balaban J connectivity index is 1.99. The monoisotopic (exact) mass is 233 g/mol. The fourth-order valence-electron chi connectivity index (χ4n) is 2.14. The fourth-order valence-corrected chi connectivity index (χ4v) is 2.14. The van der Waals surface area contributed by atoms with E-state index in [1.165, 1.54) is 0 Å². The number of nitrogens with zero attached hydrogens (tertiary/aromatic N) is 1. The number of hydrogen-bond acceptors (Lipinski definition) is 3. The van der Waals surface area contributed by atoms with Crippen LogP contribution in [0.1, 0.15) is 25.3 Å². The quantitative estimate of drug-likeness (QED) is 0.817. The van der Waals surface area contributed by atoms with Crippen molar-refractivity contribution in [2.75, 3.05) is 11.9 Å². The molecular formula is C13H19N3O. The lowest BCUT2D eigenvalue weighted by Crippen LogP contribution is -2.45. The average Bonchev–Trinajstić information content (AvgIpc) is 2.32. The zero-order valence-corrected chi connectivity index (χ0v) is 10.4. The highest BCUT2D eigenvalue weighted by atomic mass is 16.2. The number of hydrogen-bond donors (Lipinski definition) is 2. The van der Waals surface area contributed by atoms with Crippen LogP contribution in [-0.4, -0.2) is 23.5 Å². The van der Waals surface area contributed by atoms with Gasteiger partial charge in [0.1, 0.15) is 0 Å². The molecule has 2 unspecified atom stereocenters. The highest BCUT2D eigenvalue weighted by Gasteiger charge is 2.24. The van der Waals surface area contributed by atoms with E-state index in [0.717, 1.165) is 30.6 Å². The second-order valence-electron chi connectivity index (χ2n) is 4.82. The van der Waals surface area contributed by atoms with E-state index in [0.29, 0.717) is 5.92 Å². The van der Waals surface area contributed by atoms with Crippen LogP contribution in [0.3, 0.4) is 0 Å². The number of aryl methyl sites for hydroxylation is 1. The lowest BCUT2D eigenvalue weighted by molar-refractivity contribution is -0.119. The summed E-state index contributed by atoms with van der Waals surface area (Å²) in [5, 5.41) is 6.22. The molecule has 1 aliphatic rings. The molecule has 0 bridgehead atoms. The molecule has 0 aromatic carbocycles. The summed E-state index contributed by atoms with van der Waals surface area (Å²) < 4.78 is 0. The summed E-state index contributed by atoms with van der Waals surface area (Å²) in [6, 6.07) is 1.77. The third-order valence-corrected chi connectivity index (χ3v) is 3.26. The van der Waals surface area contributed by atoms with Crippen LogP contribution >= 0.6 is 0 Å². The molecule has 1 aromatic rings. The number of nitrogens with one attached hydrogen (secondary N) is 2. The molecule has 1 fully saturated rings. The maximum absolute atomic E-state index is 12.1. The first-order valence-corrected chi connectivity index (χ1v) is 6.11. The van der Waals surface area contributed by atoms with Gasteiger partial charge in [-0.3, -0.25) is 9.78 Å². The van der Waals surface area contributed by atoms with E-state index < -0.39 is 0 Å². The van der Waals surface area contributed by atoms with Gasteiger partial charge < -0.3 is 10.6 Å². The Morgan fingerprint density at radius 2 is 2.41 bits per heavy atom. The Kier molecular flexibility index (Phi) is 3.74. The number of aromatic nitrogens is 1. The van der Waals surface area contributed by atoms with Crippen LogP contribution in [0.15, 0.2) is 18.5 Å². The summed E-state index contributed by atoms with van der Waals surface area (Å²) in [7, 11) is 0. The smallest absolute Gasteiger partial charge is 0.241 e. The number of carbonyl (C=O) groups is 1. The van der Waals surface area contributed by atoms with Crippen LogP contribution in [0.5, 0.6) is 0 Å². The molecule has 1 amide bonds. The number of anilines is 1. The number of pyridine rings is 1. The van der Waals surface area contributed by atoms with Gasteiger partial charge in [0.2, 0.25) is 5.91 Å². The van der Waals surface area contributed by atoms with Crippen LogP contribution in [0.4, 0.5) is 5.69 Å². The second kappa shape index (κ2) is 5.27. The molecule has 0 aliphatic carbocycles. The number of piperidine rings is 1. The highest BCUT2D eigenvalue weighted by Crippen LogP contribution is 2.17. The predicted octanol–water partition coefficient (Wildman–Crippen LogP) is 1.72. The van der Waals surface area contributed by atoms with Crippen molar-refractivity contribution in [3.63, 3.8) is 0 Å². The summed E-state index contributed by atoms with van der Waals surface area (Å²) in [5.74, 6) is 0.677. The van der Waals surface area contributed by atoms with Crippen molar-refractivity contribution in [3.8, 4) is 0 Å². The first kappa shape index (κ1) is 12.0. The van der Waals surface area contributed by atoms with Crippen LogP contribution in [0.25, 0.3) is 0 Å². The van der Waals surface area contributed by atoms with Gasteiger partial charge in [0.25, 0.3) is 0 Å². The molecule has 2 atom stereocenters. The minimum absolute atomic E-state index is 0.0610. The Hall–Kier alpha value is -1.42. The first-order valence-electron chi connectivity index (χ1n) is 6.11. The lowest BCUT2D eigenvalue weighted by atomic mass is 9.94. The first-order chi connectivity index (χ1) is 8.16. The van der Waals surface area contributed by atoms with E-state index in [1.807, 2.05) is 13.0 Å². The van der Waals surface area contributed by atoms with Crippen molar-refractivity contribution in [2.24, 2.45) is 5.92 Å². The van der Waals surface area contributed by atoms with E-state index in [9.17, 15) is 4.79 Å². The number of carbonyl (C=O) groups excluding carboxylic acids is 1. The molecule has 17 heavy (non-hydrogen) atoms. The molecule has 2 heterocycles. The predicted molar refractivity (Wildman–Crippen MR) is 67.8 cm³/mol. The van der Waals surface area contributed by atoms with E-state index in [2.05, 4.69) is 22.5 Å². The van der Waals surface area contributed by atoms with Gasteiger partial charge >= 0.3 is 0 Å². The van der Waals surface area contributed by atoms with Gasteiger partial charge in [-0.25, -0.2) is 0 Å². The largest absolute Gasteiger partial charge is 0.324 e. The number of amides is 1. The van der Waals surface area contributed by atoms with Crippen LogP contribution < -0.4 is 10.6 Å². The normalized spacial score (nSPS) is 24.4. The van der Waals surface area contributed by atoms with Gasteiger partial charge in [0, 0.05) is 18.1 Å². The van der Waals surface area contributed by atoms with Crippen molar-refractivity contribution in [1.82, 2.24) is 10.3 Å². The molecule has 1 aromatic heterocycles. The molecule has 0 radical (unpaired) electrons. The Morgan fingerprint density at radius 3 is 3.12 bits per heavy atom. The summed E-state index contributed by atoms with van der Waals surface area (Å²) in [4.78, 5) is 16.1. The van der Waals surface area contributed by atoms with E-state index in [1.54, 1.807) is 12.4 Å². The molecule has 0 spiro atoms. The van der Waals surface area contributed by atoms with Crippen molar-refractivity contribution in [3.05, 3.63) is 24.0 Å². The minimum Gasteiger partial charge on any atom is -0.324 e. The summed E-state index contributed by atoms with van der Waals surface area (Å²) >= 11 is 0. The maximum Gasteiger partial charge on any atom is 0.241 e. The fraction of sp³-hybridized carbons (Fsp3) is 0.538. The van der Waals surface area contributed by atoms with Gasteiger partial charge in [0.05, 0.1) is 6.04 Å².